The molecule has 3 nitrogen and oxygen atoms in total. The molecule has 0 unspecified atom stereocenters. The van der Waals surface area contributed by atoms with Crippen LogP contribution in [0.2, 0.25) is 0 Å². The van der Waals surface area contributed by atoms with E-state index in [0.717, 1.165) is 12.1 Å². The maximum absolute atomic E-state index is 13.3. The fourth-order valence-corrected chi connectivity index (χ4v) is 2.87. The van der Waals surface area contributed by atoms with Gasteiger partial charge >= 0.3 is 0 Å². The summed E-state index contributed by atoms with van der Waals surface area (Å²) in [4.78, 5) is 0. The van der Waals surface area contributed by atoms with Crippen molar-refractivity contribution in [2.75, 3.05) is 0 Å². The Morgan fingerprint density at radius 2 is 2.12 bits per heavy atom. The third-order valence-electron chi connectivity index (χ3n) is 3.46. The lowest BCUT2D eigenvalue weighted by molar-refractivity contribution is 0.430. The van der Waals surface area contributed by atoms with Crippen LogP contribution in [0.15, 0.2) is 16.6 Å². The predicted octanol–water partition coefficient (Wildman–Crippen LogP) is 3.52. The number of aromatic nitrogens is 3. The van der Waals surface area contributed by atoms with Gasteiger partial charge in [-0.15, -0.1) is 5.10 Å². The lowest BCUT2D eigenvalue weighted by Gasteiger charge is -2.08. The molecule has 90 valence electrons. The normalized spacial score (nSPS) is 17.1. The number of hydrogen-bond donors (Lipinski definition) is 0. The van der Waals surface area contributed by atoms with Crippen molar-refractivity contribution in [3.05, 3.63) is 22.4 Å². The monoisotopic (exact) mass is 297 g/mol. The summed E-state index contributed by atoms with van der Waals surface area (Å²) < 4.78 is 15.7. The van der Waals surface area contributed by atoms with Crippen molar-refractivity contribution in [3.8, 4) is 0 Å². The average molecular weight is 298 g/mol. The van der Waals surface area contributed by atoms with E-state index in [1.807, 2.05) is 4.68 Å². The lowest BCUT2D eigenvalue weighted by Crippen LogP contribution is -2.08. The first kappa shape index (κ1) is 11.1. The molecular formula is C12H13BrFN3. The minimum atomic E-state index is -0.287. The lowest BCUT2D eigenvalue weighted by atomic mass is 10.1. The SMILES string of the molecule is Fc1cc2nnn(CC3CCCC3)c2cc1Br. The quantitative estimate of drug-likeness (QED) is 0.849. The Bertz CT molecular complexity index is 546. The van der Waals surface area contributed by atoms with Crippen molar-refractivity contribution in [1.82, 2.24) is 15.0 Å². The van der Waals surface area contributed by atoms with E-state index in [1.54, 1.807) is 6.07 Å². The molecule has 1 aliphatic rings. The number of halogens is 2. The molecule has 1 saturated carbocycles. The maximum atomic E-state index is 13.3. The molecule has 1 aromatic heterocycles. The summed E-state index contributed by atoms with van der Waals surface area (Å²) in [5.41, 5.74) is 1.54. The van der Waals surface area contributed by atoms with Gasteiger partial charge in [-0.1, -0.05) is 18.1 Å². The highest BCUT2D eigenvalue weighted by Crippen LogP contribution is 2.28. The van der Waals surface area contributed by atoms with Gasteiger partial charge < -0.3 is 0 Å². The molecule has 0 N–H and O–H groups in total. The molecule has 17 heavy (non-hydrogen) atoms. The van der Waals surface area contributed by atoms with Crippen molar-refractivity contribution in [2.24, 2.45) is 5.92 Å². The van der Waals surface area contributed by atoms with Gasteiger partial charge in [0.05, 0.1) is 9.99 Å². The van der Waals surface area contributed by atoms with Crippen molar-refractivity contribution >= 4 is 27.0 Å². The van der Waals surface area contributed by atoms with Crippen LogP contribution in [0.1, 0.15) is 25.7 Å². The van der Waals surface area contributed by atoms with Crippen LogP contribution < -0.4 is 0 Å². The van der Waals surface area contributed by atoms with Crippen LogP contribution in [0.25, 0.3) is 11.0 Å². The molecule has 0 atom stereocenters. The Labute approximate surface area is 107 Å². The van der Waals surface area contributed by atoms with E-state index in [0.29, 0.717) is 15.9 Å². The van der Waals surface area contributed by atoms with Crippen LogP contribution in [0, 0.1) is 11.7 Å². The second-order valence-corrected chi connectivity index (χ2v) is 5.53. The van der Waals surface area contributed by atoms with Crippen LogP contribution in [0.4, 0.5) is 4.39 Å². The maximum Gasteiger partial charge on any atom is 0.139 e. The third-order valence-corrected chi connectivity index (χ3v) is 4.07. The van der Waals surface area contributed by atoms with Gasteiger partial charge in [0, 0.05) is 12.6 Å². The minimum absolute atomic E-state index is 0.287. The molecule has 1 aliphatic carbocycles. The number of rotatable bonds is 2. The fourth-order valence-electron chi connectivity index (χ4n) is 2.54. The van der Waals surface area contributed by atoms with Gasteiger partial charge in [0.25, 0.3) is 0 Å². The molecule has 5 heteroatoms. The van der Waals surface area contributed by atoms with Crippen LogP contribution in [-0.2, 0) is 6.54 Å². The van der Waals surface area contributed by atoms with Gasteiger partial charge in [-0.05, 0) is 40.8 Å². The van der Waals surface area contributed by atoms with E-state index in [2.05, 4.69) is 26.2 Å². The Hall–Kier alpha value is -0.970. The molecule has 0 amide bonds. The van der Waals surface area contributed by atoms with E-state index < -0.39 is 0 Å². The smallest absolute Gasteiger partial charge is 0.139 e. The van der Waals surface area contributed by atoms with E-state index in [4.69, 9.17) is 0 Å². The summed E-state index contributed by atoms with van der Waals surface area (Å²) in [7, 11) is 0. The van der Waals surface area contributed by atoms with Crippen molar-refractivity contribution < 1.29 is 4.39 Å². The summed E-state index contributed by atoms with van der Waals surface area (Å²) in [6, 6.07) is 3.19. The van der Waals surface area contributed by atoms with Crippen LogP contribution in [0.3, 0.4) is 0 Å². The van der Waals surface area contributed by atoms with Crippen LogP contribution in [0.5, 0.6) is 0 Å². The first-order valence-electron chi connectivity index (χ1n) is 5.92. The summed E-state index contributed by atoms with van der Waals surface area (Å²) in [5.74, 6) is 0.411. The Kier molecular flexibility index (Phi) is 2.86. The first-order valence-corrected chi connectivity index (χ1v) is 6.71. The van der Waals surface area contributed by atoms with E-state index >= 15 is 0 Å². The van der Waals surface area contributed by atoms with Gasteiger partial charge in [-0.3, -0.25) is 0 Å². The molecular weight excluding hydrogens is 285 g/mol. The van der Waals surface area contributed by atoms with Crippen LogP contribution >= 0.6 is 15.9 Å². The van der Waals surface area contributed by atoms with Gasteiger partial charge in [0.1, 0.15) is 11.3 Å². The second-order valence-electron chi connectivity index (χ2n) is 4.68. The van der Waals surface area contributed by atoms with Gasteiger partial charge in [0.2, 0.25) is 0 Å². The number of benzene rings is 1. The first-order chi connectivity index (χ1) is 8.24. The molecule has 0 radical (unpaired) electrons. The zero-order chi connectivity index (χ0) is 11.8. The van der Waals surface area contributed by atoms with Crippen molar-refractivity contribution in [3.63, 3.8) is 0 Å². The van der Waals surface area contributed by atoms with E-state index in [1.165, 1.54) is 31.7 Å². The second kappa shape index (κ2) is 4.37. The zero-order valence-corrected chi connectivity index (χ0v) is 11.0. The highest BCUT2D eigenvalue weighted by Gasteiger charge is 2.17. The molecule has 0 saturated heterocycles. The summed E-state index contributed by atoms with van der Waals surface area (Å²) in [6.45, 7) is 0.897. The van der Waals surface area contributed by atoms with Crippen LogP contribution in [-0.4, -0.2) is 15.0 Å². The standard InChI is InChI=1S/C12H13BrFN3/c13-9-5-12-11(6-10(9)14)15-16-17(12)7-8-3-1-2-4-8/h5-6,8H,1-4,7H2. The minimum Gasteiger partial charge on any atom is -0.244 e. The van der Waals surface area contributed by atoms with Crippen molar-refractivity contribution in [2.45, 2.75) is 32.2 Å². The highest BCUT2D eigenvalue weighted by atomic mass is 79.9. The molecule has 0 spiro atoms. The molecule has 2 aromatic rings. The molecule has 3 rings (SSSR count). The highest BCUT2D eigenvalue weighted by molar-refractivity contribution is 9.10. The van der Waals surface area contributed by atoms with E-state index in [-0.39, 0.29) is 5.82 Å². The van der Waals surface area contributed by atoms with Crippen molar-refractivity contribution in [1.29, 1.82) is 0 Å². The zero-order valence-electron chi connectivity index (χ0n) is 9.37. The third kappa shape index (κ3) is 2.08. The molecule has 1 aromatic carbocycles. The fraction of sp³-hybridized carbons (Fsp3) is 0.500. The van der Waals surface area contributed by atoms with Gasteiger partial charge in [-0.25, -0.2) is 9.07 Å². The topological polar surface area (TPSA) is 30.7 Å². The molecule has 0 aliphatic heterocycles. The molecule has 1 fully saturated rings. The number of hydrogen-bond acceptors (Lipinski definition) is 2. The Morgan fingerprint density at radius 1 is 1.35 bits per heavy atom. The Balaban J connectivity index is 1.96. The summed E-state index contributed by atoms with van der Waals surface area (Å²) in [6.07, 6.45) is 5.17. The summed E-state index contributed by atoms with van der Waals surface area (Å²) >= 11 is 3.20. The summed E-state index contributed by atoms with van der Waals surface area (Å²) in [5, 5.41) is 8.13. The average Bonchev–Trinajstić information content (AvgIpc) is 2.92. The molecule has 1 heterocycles. The number of fused-ring (bicyclic) bond motifs is 1. The molecule has 0 bridgehead atoms. The van der Waals surface area contributed by atoms with E-state index in [9.17, 15) is 4.39 Å². The Morgan fingerprint density at radius 3 is 2.88 bits per heavy atom. The predicted molar refractivity (Wildman–Crippen MR) is 67.1 cm³/mol. The van der Waals surface area contributed by atoms with Gasteiger partial charge in [0.15, 0.2) is 0 Å². The number of nitrogens with zero attached hydrogens (tertiary/aromatic N) is 3. The van der Waals surface area contributed by atoms with Gasteiger partial charge in [-0.2, -0.15) is 0 Å². The largest absolute Gasteiger partial charge is 0.244 e.